The Morgan fingerprint density at radius 3 is 2.81 bits per heavy atom. The van der Waals surface area contributed by atoms with Crippen LogP contribution in [-0.4, -0.2) is 22.0 Å². The molecule has 90 valence electrons. The summed E-state index contributed by atoms with van der Waals surface area (Å²) in [5.41, 5.74) is 7.21. The van der Waals surface area contributed by atoms with Crippen LogP contribution in [0.25, 0.3) is 0 Å². The minimum absolute atomic E-state index is 0.166. The van der Waals surface area contributed by atoms with Crippen LogP contribution in [0.4, 0.5) is 5.69 Å². The van der Waals surface area contributed by atoms with E-state index in [2.05, 4.69) is 10.0 Å². The van der Waals surface area contributed by atoms with Gasteiger partial charge in [-0.1, -0.05) is 17.7 Å². The zero-order valence-electron chi connectivity index (χ0n) is 8.57. The molecule has 1 rings (SSSR count). The van der Waals surface area contributed by atoms with E-state index in [1.165, 1.54) is 0 Å². The van der Waals surface area contributed by atoms with Crippen molar-refractivity contribution in [3.8, 4) is 0 Å². The van der Waals surface area contributed by atoms with E-state index >= 15 is 0 Å². The van der Waals surface area contributed by atoms with Gasteiger partial charge in [0.05, 0.1) is 17.4 Å². The molecule has 0 bridgehead atoms. The molecule has 0 aliphatic rings. The Bertz CT molecular complexity index is 376. The first-order chi connectivity index (χ1) is 7.63. The normalized spacial score (nSPS) is 12.4. The molecule has 0 aliphatic carbocycles. The quantitative estimate of drug-likeness (QED) is 0.454. The predicted molar refractivity (Wildman–Crippen MR) is 66.6 cm³/mol. The maximum atomic E-state index is 10.3. The third kappa shape index (κ3) is 4.46. The fourth-order valence-corrected chi connectivity index (χ4v) is 1.68. The number of anilines is 1. The summed E-state index contributed by atoms with van der Waals surface area (Å²) in [4.78, 5) is 0. The van der Waals surface area contributed by atoms with Crippen LogP contribution in [0.2, 0.25) is 5.02 Å². The molecule has 0 heterocycles. The molecule has 0 aliphatic heterocycles. The molecule has 0 radical (unpaired) electrons. The van der Waals surface area contributed by atoms with E-state index in [9.17, 15) is 4.21 Å². The highest BCUT2D eigenvalue weighted by Gasteiger charge is 2.01. The number of benzene rings is 1. The van der Waals surface area contributed by atoms with Gasteiger partial charge in [0.25, 0.3) is 0 Å². The van der Waals surface area contributed by atoms with Gasteiger partial charge in [-0.2, -0.15) is 4.72 Å². The summed E-state index contributed by atoms with van der Waals surface area (Å²) in [5.74, 6) is 0. The molecule has 1 unspecified atom stereocenters. The summed E-state index contributed by atoms with van der Waals surface area (Å²) in [6.45, 7) is 0.743. The van der Waals surface area contributed by atoms with Crippen LogP contribution in [0.5, 0.6) is 0 Å². The second-order valence-corrected chi connectivity index (χ2v) is 4.29. The maximum absolute atomic E-state index is 10.3. The average molecular weight is 264 g/mol. The summed E-state index contributed by atoms with van der Waals surface area (Å²) >= 11 is 3.99. The van der Waals surface area contributed by atoms with E-state index in [0.29, 0.717) is 17.3 Å². The van der Waals surface area contributed by atoms with Crippen molar-refractivity contribution in [2.75, 3.05) is 18.5 Å². The third-order valence-corrected chi connectivity index (χ3v) is 2.64. The van der Waals surface area contributed by atoms with Gasteiger partial charge in [-0.05, 0) is 30.7 Å². The van der Waals surface area contributed by atoms with Gasteiger partial charge in [-0.3, -0.25) is 4.55 Å². The first kappa shape index (κ1) is 13.4. The lowest BCUT2D eigenvalue weighted by molar-refractivity contribution is 0.552. The van der Waals surface area contributed by atoms with Crippen LogP contribution in [0.1, 0.15) is 5.56 Å². The van der Waals surface area contributed by atoms with Crippen LogP contribution in [0.3, 0.4) is 0 Å². The van der Waals surface area contributed by atoms with Crippen LogP contribution in [0, 0.1) is 0 Å². The topological polar surface area (TPSA) is 87.4 Å². The number of hydrogen-bond donors (Lipinski definition) is 4. The Morgan fingerprint density at radius 2 is 2.25 bits per heavy atom. The van der Waals surface area contributed by atoms with Gasteiger partial charge in [-0.15, -0.1) is 0 Å². The molecule has 0 fully saturated rings. The predicted octanol–water partition coefficient (Wildman–Crippen LogP) is 0.937. The number of nitrogens with two attached hydrogens (primary N) is 1. The van der Waals surface area contributed by atoms with Crippen LogP contribution >= 0.6 is 11.6 Å². The van der Waals surface area contributed by atoms with Crippen molar-refractivity contribution in [1.29, 1.82) is 0 Å². The van der Waals surface area contributed by atoms with Crippen molar-refractivity contribution in [2.24, 2.45) is 5.73 Å². The van der Waals surface area contributed by atoms with E-state index < -0.39 is 11.3 Å². The summed E-state index contributed by atoms with van der Waals surface area (Å²) in [7, 11) is 0. The number of halogens is 1. The number of rotatable bonds is 6. The smallest absolute Gasteiger partial charge is 0.233 e. The molecule has 1 atom stereocenters. The fourth-order valence-electron chi connectivity index (χ4n) is 1.22. The second-order valence-electron chi connectivity index (χ2n) is 3.10. The highest BCUT2D eigenvalue weighted by Crippen LogP contribution is 2.22. The molecule has 16 heavy (non-hydrogen) atoms. The van der Waals surface area contributed by atoms with Crippen LogP contribution in [0.15, 0.2) is 18.2 Å². The van der Waals surface area contributed by atoms with E-state index in [0.717, 1.165) is 12.0 Å². The third-order valence-electron chi connectivity index (χ3n) is 1.94. The average Bonchev–Trinajstić information content (AvgIpc) is 2.21. The van der Waals surface area contributed by atoms with Crippen molar-refractivity contribution >= 4 is 28.6 Å². The lowest BCUT2D eigenvalue weighted by Gasteiger charge is -2.09. The Hall–Kier alpha value is -0.660. The largest absolute Gasteiger partial charge is 0.370 e. The van der Waals surface area contributed by atoms with Gasteiger partial charge < -0.3 is 11.1 Å². The monoisotopic (exact) mass is 263 g/mol. The molecule has 5 N–H and O–H groups in total. The van der Waals surface area contributed by atoms with Gasteiger partial charge in [0.15, 0.2) is 0 Å². The molecule has 0 amide bonds. The van der Waals surface area contributed by atoms with Crippen LogP contribution in [-0.2, 0) is 17.7 Å². The van der Waals surface area contributed by atoms with Gasteiger partial charge in [0.1, 0.15) is 0 Å². The van der Waals surface area contributed by atoms with Gasteiger partial charge >= 0.3 is 0 Å². The molecule has 0 spiro atoms. The first-order valence-corrected chi connectivity index (χ1v) is 6.18. The van der Waals surface area contributed by atoms with Crippen molar-refractivity contribution in [2.45, 2.75) is 6.42 Å². The Labute approximate surface area is 102 Å². The molecular formula is C9H14ClN3O2S. The van der Waals surface area contributed by atoms with Crippen LogP contribution < -0.4 is 15.8 Å². The highest BCUT2D eigenvalue weighted by atomic mass is 35.5. The van der Waals surface area contributed by atoms with Gasteiger partial charge in [-0.25, -0.2) is 4.21 Å². The highest BCUT2D eigenvalue weighted by molar-refractivity contribution is 7.77. The van der Waals surface area contributed by atoms with E-state index in [1.807, 2.05) is 18.2 Å². The zero-order valence-corrected chi connectivity index (χ0v) is 10.1. The van der Waals surface area contributed by atoms with Crippen molar-refractivity contribution < 1.29 is 8.76 Å². The number of nitrogens with one attached hydrogen (secondary N) is 2. The summed E-state index contributed by atoms with van der Waals surface area (Å²) in [6.07, 6.45) is 0.777. The van der Waals surface area contributed by atoms with Crippen molar-refractivity contribution in [3.63, 3.8) is 0 Å². The molecule has 0 aromatic heterocycles. The summed E-state index contributed by atoms with van der Waals surface area (Å²) in [5, 5.41) is 3.45. The zero-order chi connectivity index (χ0) is 12.0. The summed E-state index contributed by atoms with van der Waals surface area (Å²) in [6, 6.07) is 5.55. The molecule has 5 nitrogen and oxygen atoms in total. The molecular weight excluding hydrogens is 250 g/mol. The Kier molecular flexibility index (Phi) is 5.72. The lowest BCUT2D eigenvalue weighted by Crippen LogP contribution is -2.23. The molecule has 1 aromatic rings. The molecule has 7 heteroatoms. The van der Waals surface area contributed by atoms with Crippen molar-refractivity contribution in [1.82, 2.24) is 4.72 Å². The fraction of sp³-hybridized carbons (Fsp3) is 0.333. The molecule has 1 aromatic carbocycles. The minimum Gasteiger partial charge on any atom is -0.370 e. The lowest BCUT2D eigenvalue weighted by atomic mass is 10.1. The Morgan fingerprint density at radius 1 is 1.50 bits per heavy atom. The second kappa shape index (κ2) is 6.82. The summed E-state index contributed by atoms with van der Waals surface area (Å²) < 4.78 is 21.1. The standard InChI is InChI=1S/C9H14ClN3O2S/c10-8-5-7(3-4-11)1-2-9(8)12-6-13-16(14)15/h1-2,5,12-13H,3-4,6,11H2,(H,14,15). The Balaban J connectivity index is 2.57. The SMILES string of the molecule is NCCc1ccc(NCNS(=O)O)c(Cl)c1. The maximum Gasteiger partial charge on any atom is 0.233 e. The van der Waals surface area contributed by atoms with E-state index in [-0.39, 0.29) is 6.67 Å². The molecule has 0 saturated carbocycles. The number of hydrogen-bond acceptors (Lipinski definition) is 3. The van der Waals surface area contributed by atoms with Gasteiger partial charge in [0, 0.05) is 0 Å². The van der Waals surface area contributed by atoms with E-state index in [4.69, 9.17) is 21.9 Å². The van der Waals surface area contributed by atoms with E-state index in [1.54, 1.807) is 0 Å². The van der Waals surface area contributed by atoms with Crippen molar-refractivity contribution in [3.05, 3.63) is 28.8 Å². The molecule has 0 saturated heterocycles. The van der Waals surface area contributed by atoms with Gasteiger partial charge in [0.2, 0.25) is 11.3 Å². The first-order valence-electron chi connectivity index (χ1n) is 4.70. The minimum atomic E-state index is -2.03.